The Bertz CT molecular complexity index is 766. The maximum Gasteiger partial charge on any atom is 0.187 e. The first kappa shape index (κ1) is 31.6. The molecule has 0 aromatic rings. The fourth-order valence-electron chi connectivity index (χ4n) is 4.36. The number of methoxy groups -OCH3 is 1. The Kier molecular flexibility index (Phi) is 11.3. The van der Waals surface area contributed by atoms with Crippen LogP contribution < -0.4 is 10.6 Å². The fraction of sp³-hybridized carbons (Fsp3) is 0.950. The van der Waals surface area contributed by atoms with E-state index in [9.17, 15) is 51.1 Å². The molecule has 0 aromatic heterocycles. The zero-order valence-electron chi connectivity index (χ0n) is 20.2. The average molecular weight is 577 g/mol. The van der Waals surface area contributed by atoms with Crippen LogP contribution in [0.2, 0.25) is 0 Å². The molecule has 0 amide bonds. The van der Waals surface area contributed by atoms with Gasteiger partial charge in [0.1, 0.15) is 73.2 Å². The highest BCUT2D eigenvalue weighted by molar-refractivity contribution is 7.80. The van der Waals surface area contributed by atoms with Crippen LogP contribution in [0.25, 0.3) is 0 Å². The van der Waals surface area contributed by atoms with Gasteiger partial charge < -0.3 is 85.4 Å². The molecule has 0 unspecified atom stereocenters. The molecule has 3 saturated heterocycles. The molecule has 0 radical (unpaired) electrons. The molecule has 17 nitrogen and oxygen atoms in total. The fourth-order valence-corrected chi connectivity index (χ4v) is 4.56. The molecule has 3 rings (SSSR count). The molecule has 12 N–H and O–H groups in total. The van der Waals surface area contributed by atoms with E-state index in [0.717, 1.165) is 0 Å². The summed E-state index contributed by atoms with van der Waals surface area (Å²) in [4.78, 5) is 0. The third-order valence-corrected chi connectivity index (χ3v) is 6.90. The van der Waals surface area contributed by atoms with Crippen LogP contribution in [0.1, 0.15) is 0 Å². The average Bonchev–Trinajstić information content (AvgIpc) is 2.91. The maximum absolute atomic E-state index is 10.7. The summed E-state index contributed by atoms with van der Waals surface area (Å²) in [6.07, 6.45) is -22.5. The van der Waals surface area contributed by atoms with Gasteiger partial charge in [-0.05, 0) is 12.2 Å². The van der Waals surface area contributed by atoms with E-state index in [-0.39, 0.29) is 11.7 Å². The van der Waals surface area contributed by atoms with Crippen LogP contribution in [0.5, 0.6) is 0 Å². The third-order valence-electron chi connectivity index (χ3n) is 6.64. The molecular weight excluding hydrogens is 540 g/mol. The minimum atomic E-state index is -1.79. The smallest absolute Gasteiger partial charge is 0.187 e. The van der Waals surface area contributed by atoms with E-state index >= 15 is 0 Å². The quantitative estimate of drug-likeness (QED) is 0.120. The number of nitrogens with one attached hydrogen (secondary N) is 2. The van der Waals surface area contributed by atoms with Gasteiger partial charge >= 0.3 is 0 Å². The lowest BCUT2D eigenvalue weighted by Gasteiger charge is -2.46. The van der Waals surface area contributed by atoms with E-state index in [4.69, 9.17) is 35.9 Å². The zero-order valence-corrected chi connectivity index (χ0v) is 21.0. The molecule has 15 atom stereocenters. The highest BCUT2D eigenvalue weighted by Gasteiger charge is 2.50. The van der Waals surface area contributed by atoms with Gasteiger partial charge in [-0.1, -0.05) is 0 Å². The van der Waals surface area contributed by atoms with Crippen molar-refractivity contribution < 1.29 is 74.7 Å². The van der Waals surface area contributed by atoms with Crippen molar-refractivity contribution >= 4 is 17.3 Å². The predicted molar refractivity (Wildman–Crippen MR) is 124 cm³/mol. The number of hydrogen-bond donors (Lipinski definition) is 12. The molecule has 3 heterocycles. The van der Waals surface area contributed by atoms with Crippen molar-refractivity contribution in [2.24, 2.45) is 0 Å². The summed E-state index contributed by atoms with van der Waals surface area (Å²) in [7, 11) is 1.24. The van der Waals surface area contributed by atoms with E-state index in [1.807, 2.05) is 0 Å². The SMILES string of the molecule is CO[C@H]1O[C@H](CNC(=S)N[C@@H]2O[C@H](CO)[C@@H](O[C@@H]3O[C@H](CO)[C@H](O)[C@H](O)[C@H]3O)[C@H](O)[C@H]2O)[C@@H](O)[C@H](O)[C@H]1O. The summed E-state index contributed by atoms with van der Waals surface area (Å²) < 4.78 is 26.6. The maximum atomic E-state index is 10.7. The van der Waals surface area contributed by atoms with Crippen LogP contribution in [0.4, 0.5) is 0 Å². The second kappa shape index (κ2) is 13.6. The number of ether oxygens (including phenoxy) is 5. The van der Waals surface area contributed by atoms with Gasteiger partial charge in [-0.15, -0.1) is 0 Å². The van der Waals surface area contributed by atoms with Crippen molar-refractivity contribution in [3.63, 3.8) is 0 Å². The summed E-state index contributed by atoms with van der Waals surface area (Å²) in [5.41, 5.74) is 0. The predicted octanol–water partition coefficient (Wildman–Crippen LogP) is -7.47. The lowest BCUT2D eigenvalue weighted by Crippen LogP contribution is -2.67. The second-order valence-electron chi connectivity index (χ2n) is 9.16. The molecule has 0 aliphatic carbocycles. The highest BCUT2D eigenvalue weighted by Crippen LogP contribution is 2.28. The number of thiocarbonyl (C=S) groups is 1. The number of rotatable bonds is 8. The normalized spacial score (nSPS) is 47.9. The molecular formula is C20H36N2O15S. The molecule has 0 aromatic carbocycles. The van der Waals surface area contributed by atoms with Gasteiger partial charge in [0.15, 0.2) is 23.9 Å². The summed E-state index contributed by atoms with van der Waals surface area (Å²) in [6.45, 7) is -1.62. The summed E-state index contributed by atoms with van der Waals surface area (Å²) in [5.74, 6) is 0. The van der Waals surface area contributed by atoms with E-state index in [0.29, 0.717) is 0 Å². The topological polar surface area (TPSA) is 273 Å². The molecule has 0 spiro atoms. The molecule has 0 bridgehead atoms. The first-order valence-corrected chi connectivity index (χ1v) is 12.2. The minimum absolute atomic E-state index is 0.142. The Hall–Kier alpha value is -0.910. The van der Waals surface area contributed by atoms with E-state index < -0.39 is 105 Å². The van der Waals surface area contributed by atoms with Crippen molar-refractivity contribution in [3.05, 3.63) is 0 Å². The minimum Gasteiger partial charge on any atom is -0.394 e. The Morgan fingerprint density at radius 3 is 1.82 bits per heavy atom. The molecule has 222 valence electrons. The zero-order chi connectivity index (χ0) is 28.3. The van der Waals surface area contributed by atoms with E-state index in [2.05, 4.69) is 10.6 Å². The standard InChI is InChI=1S/C20H36N2O15S/c1-33-18-14(31)10(27)8(25)5(35-18)2-21-20(38)22-17-13(30)12(29)16(7(4-24)34-17)37-19-15(32)11(28)9(26)6(3-23)36-19/h5-19,23-32H,2-4H2,1H3,(H2,21,22,38)/t5-,6-,7-,8-,9+,10+,11+,12-,13-,14-,15-,16-,17-,18+,19+/m1/s1. The van der Waals surface area contributed by atoms with Gasteiger partial charge in [0.2, 0.25) is 0 Å². The van der Waals surface area contributed by atoms with Crippen LogP contribution >= 0.6 is 12.2 Å². The lowest BCUT2D eigenvalue weighted by molar-refractivity contribution is -0.342. The van der Waals surface area contributed by atoms with Crippen LogP contribution in [-0.2, 0) is 23.7 Å². The van der Waals surface area contributed by atoms with Gasteiger partial charge in [-0.25, -0.2) is 0 Å². The van der Waals surface area contributed by atoms with Crippen molar-refractivity contribution in [2.75, 3.05) is 26.9 Å². The largest absolute Gasteiger partial charge is 0.394 e. The van der Waals surface area contributed by atoms with Crippen molar-refractivity contribution in [1.82, 2.24) is 10.6 Å². The molecule has 0 saturated carbocycles. The Morgan fingerprint density at radius 2 is 1.24 bits per heavy atom. The number of hydrogen-bond acceptors (Lipinski definition) is 16. The van der Waals surface area contributed by atoms with Crippen LogP contribution in [-0.4, -0.2) is 175 Å². The Balaban J connectivity index is 1.58. The third kappa shape index (κ3) is 6.69. The number of aliphatic hydroxyl groups is 10. The van der Waals surface area contributed by atoms with Gasteiger partial charge in [-0.3, -0.25) is 0 Å². The lowest BCUT2D eigenvalue weighted by atomic mass is 9.96. The van der Waals surface area contributed by atoms with Gasteiger partial charge in [-0.2, -0.15) is 0 Å². The Morgan fingerprint density at radius 1 is 0.684 bits per heavy atom. The van der Waals surface area contributed by atoms with Crippen molar-refractivity contribution in [3.8, 4) is 0 Å². The molecule has 3 fully saturated rings. The van der Waals surface area contributed by atoms with Gasteiger partial charge in [0, 0.05) is 13.7 Å². The number of aliphatic hydroxyl groups excluding tert-OH is 10. The van der Waals surface area contributed by atoms with E-state index in [1.165, 1.54) is 7.11 Å². The molecule has 3 aliphatic rings. The molecule has 38 heavy (non-hydrogen) atoms. The summed E-state index contributed by atoms with van der Waals surface area (Å²) in [5, 5.41) is 105. The highest BCUT2D eigenvalue weighted by atomic mass is 32.1. The summed E-state index contributed by atoms with van der Waals surface area (Å²) >= 11 is 5.15. The first-order chi connectivity index (χ1) is 17.9. The van der Waals surface area contributed by atoms with Crippen LogP contribution in [0.15, 0.2) is 0 Å². The summed E-state index contributed by atoms with van der Waals surface area (Å²) in [6, 6.07) is 0. The van der Waals surface area contributed by atoms with Gasteiger partial charge in [0.05, 0.1) is 13.2 Å². The Labute approximate surface area is 222 Å². The van der Waals surface area contributed by atoms with E-state index in [1.54, 1.807) is 0 Å². The molecule has 18 heteroatoms. The van der Waals surface area contributed by atoms with Crippen LogP contribution in [0.3, 0.4) is 0 Å². The second-order valence-corrected chi connectivity index (χ2v) is 9.57. The van der Waals surface area contributed by atoms with Crippen molar-refractivity contribution in [1.29, 1.82) is 0 Å². The first-order valence-electron chi connectivity index (χ1n) is 11.8. The van der Waals surface area contributed by atoms with Crippen molar-refractivity contribution in [2.45, 2.75) is 92.1 Å². The molecule has 3 aliphatic heterocycles. The van der Waals surface area contributed by atoms with Gasteiger partial charge in [0.25, 0.3) is 0 Å². The monoisotopic (exact) mass is 576 g/mol. The van der Waals surface area contributed by atoms with Crippen LogP contribution in [0, 0.1) is 0 Å².